The minimum atomic E-state index is 0.287. The Hall–Kier alpha value is -0.830. The molecular weight excluding hydrogens is 198 g/mol. The monoisotopic (exact) mass is 221 g/mol. The molecule has 0 saturated heterocycles. The average molecular weight is 221 g/mol. The van der Waals surface area contributed by atoms with Crippen molar-refractivity contribution in [3.8, 4) is 0 Å². The predicted octanol–water partition coefficient (Wildman–Crippen LogP) is 2.26. The largest absolute Gasteiger partial charge is 0.327 e. The molecule has 1 saturated carbocycles. The normalized spacial score (nSPS) is 19.1. The average Bonchev–Trinajstić information content (AvgIpc) is 2.87. The molecule has 1 fully saturated rings. The minimum Gasteiger partial charge on any atom is -0.327 e. The van der Waals surface area contributed by atoms with Crippen molar-refractivity contribution < 1.29 is 0 Å². The molecule has 1 aromatic heterocycles. The van der Waals surface area contributed by atoms with Crippen LogP contribution in [0.4, 0.5) is 0 Å². The number of hydrogen-bond acceptors (Lipinski definition) is 2. The maximum absolute atomic E-state index is 6.14. The zero-order valence-corrected chi connectivity index (χ0v) is 10.2. The second-order valence-electron chi connectivity index (χ2n) is 5.17. The van der Waals surface area contributed by atoms with E-state index in [1.165, 1.54) is 32.1 Å². The third kappa shape index (κ3) is 3.34. The van der Waals surface area contributed by atoms with Crippen molar-refractivity contribution in [2.45, 2.75) is 51.0 Å². The lowest BCUT2D eigenvalue weighted by molar-refractivity contribution is 0.445. The van der Waals surface area contributed by atoms with Crippen LogP contribution in [0.5, 0.6) is 0 Å². The zero-order valence-electron chi connectivity index (χ0n) is 10.2. The fourth-order valence-electron chi connectivity index (χ4n) is 2.69. The number of nitrogens with two attached hydrogens (primary N) is 1. The number of hydrogen-bond donors (Lipinski definition) is 1. The van der Waals surface area contributed by atoms with Gasteiger partial charge in [0, 0.05) is 25.7 Å². The molecule has 3 heteroatoms. The van der Waals surface area contributed by atoms with Gasteiger partial charge >= 0.3 is 0 Å². The minimum absolute atomic E-state index is 0.287. The van der Waals surface area contributed by atoms with Gasteiger partial charge in [0.1, 0.15) is 0 Å². The Balaban J connectivity index is 1.69. The van der Waals surface area contributed by atoms with E-state index < -0.39 is 0 Å². The summed E-state index contributed by atoms with van der Waals surface area (Å²) in [4.78, 5) is 0. The van der Waals surface area contributed by atoms with Gasteiger partial charge in [-0.3, -0.25) is 4.68 Å². The Bertz CT molecular complexity index is 313. The van der Waals surface area contributed by atoms with E-state index in [9.17, 15) is 0 Å². The summed E-state index contributed by atoms with van der Waals surface area (Å²) in [5, 5.41) is 4.37. The summed E-state index contributed by atoms with van der Waals surface area (Å²) >= 11 is 0. The molecule has 90 valence electrons. The van der Waals surface area contributed by atoms with E-state index in [4.69, 9.17) is 5.73 Å². The first-order chi connectivity index (χ1) is 7.74. The van der Waals surface area contributed by atoms with Gasteiger partial charge in [-0.15, -0.1) is 0 Å². The summed E-state index contributed by atoms with van der Waals surface area (Å²) in [5.41, 5.74) is 7.27. The molecule has 0 aliphatic heterocycles. The summed E-state index contributed by atoms with van der Waals surface area (Å²) in [6.07, 6.45) is 11.1. The van der Waals surface area contributed by atoms with E-state index in [-0.39, 0.29) is 6.04 Å². The summed E-state index contributed by atoms with van der Waals surface area (Å²) in [6.45, 7) is 0. The Morgan fingerprint density at radius 3 is 2.88 bits per heavy atom. The lowest BCUT2D eigenvalue weighted by Crippen LogP contribution is -2.23. The molecule has 1 unspecified atom stereocenters. The summed E-state index contributed by atoms with van der Waals surface area (Å²) < 4.78 is 1.85. The van der Waals surface area contributed by atoms with E-state index >= 15 is 0 Å². The first-order valence-electron chi connectivity index (χ1n) is 6.48. The molecule has 0 amide bonds. The number of aromatic nitrogens is 2. The second kappa shape index (κ2) is 5.48. The van der Waals surface area contributed by atoms with Crippen molar-refractivity contribution in [1.82, 2.24) is 9.78 Å². The number of aryl methyl sites for hydroxylation is 1. The van der Waals surface area contributed by atoms with Gasteiger partial charge in [-0.2, -0.15) is 5.10 Å². The van der Waals surface area contributed by atoms with Crippen molar-refractivity contribution in [3.63, 3.8) is 0 Å². The fraction of sp³-hybridized carbons (Fsp3) is 0.769. The van der Waals surface area contributed by atoms with Crippen molar-refractivity contribution in [2.75, 3.05) is 0 Å². The van der Waals surface area contributed by atoms with Crippen molar-refractivity contribution in [1.29, 1.82) is 0 Å². The Morgan fingerprint density at radius 2 is 2.25 bits per heavy atom. The van der Waals surface area contributed by atoms with Crippen LogP contribution in [0.25, 0.3) is 0 Å². The quantitative estimate of drug-likeness (QED) is 0.829. The molecule has 0 bridgehead atoms. The highest BCUT2D eigenvalue weighted by molar-refractivity contribution is 5.00. The molecule has 0 radical (unpaired) electrons. The van der Waals surface area contributed by atoms with Crippen LogP contribution in [-0.2, 0) is 13.5 Å². The van der Waals surface area contributed by atoms with Crippen LogP contribution in [0.1, 0.15) is 44.2 Å². The van der Waals surface area contributed by atoms with Gasteiger partial charge in [0.25, 0.3) is 0 Å². The van der Waals surface area contributed by atoms with Gasteiger partial charge in [-0.25, -0.2) is 0 Å². The molecule has 1 aromatic rings. The van der Waals surface area contributed by atoms with Crippen molar-refractivity contribution in [2.24, 2.45) is 18.7 Å². The summed E-state index contributed by atoms with van der Waals surface area (Å²) in [5.74, 6) is 0.954. The maximum atomic E-state index is 6.14. The second-order valence-corrected chi connectivity index (χ2v) is 5.17. The van der Waals surface area contributed by atoms with Crippen LogP contribution in [0.15, 0.2) is 12.3 Å². The molecule has 2 rings (SSSR count). The molecule has 1 aliphatic rings. The third-order valence-corrected chi connectivity index (χ3v) is 3.66. The van der Waals surface area contributed by atoms with Crippen LogP contribution in [-0.4, -0.2) is 15.8 Å². The van der Waals surface area contributed by atoms with Crippen LogP contribution in [0, 0.1) is 5.92 Å². The van der Waals surface area contributed by atoms with Crippen molar-refractivity contribution in [3.05, 3.63) is 18.0 Å². The van der Waals surface area contributed by atoms with Gasteiger partial charge in [0.05, 0.1) is 5.69 Å². The van der Waals surface area contributed by atoms with Gasteiger partial charge < -0.3 is 5.73 Å². The molecule has 1 aliphatic carbocycles. The van der Waals surface area contributed by atoms with E-state index in [0.29, 0.717) is 0 Å². The Kier molecular flexibility index (Phi) is 3.99. The smallest absolute Gasteiger partial charge is 0.0639 e. The van der Waals surface area contributed by atoms with Gasteiger partial charge in [-0.05, 0) is 24.8 Å². The highest BCUT2D eigenvalue weighted by Gasteiger charge is 2.16. The van der Waals surface area contributed by atoms with Crippen LogP contribution in [0.2, 0.25) is 0 Å². The van der Waals surface area contributed by atoms with Crippen molar-refractivity contribution >= 4 is 0 Å². The molecule has 16 heavy (non-hydrogen) atoms. The molecule has 1 heterocycles. The van der Waals surface area contributed by atoms with Gasteiger partial charge in [0.2, 0.25) is 0 Å². The molecule has 3 nitrogen and oxygen atoms in total. The lowest BCUT2D eigenvalue weighted by Gasteiger charge is -2.13. The van der Waals surface area contributed by atoms with E-state index in [2.05, 4.69) is 11.2 Å². The van der Waals surface area contributed by atoms with Gasteiger partial charge in [-0.1, -0.05) is 25.7 Å². The Morgan fingerprint density at radius 1 is 1.50 bits per heavy atom. The SMILES string of the molecule is Cn1ccc(CC(N)CCC2CCCC2)n1. The molecule has 0 spiro atoms. The predicted molar refractivity (Wildman–Crippen MR) is 66.1 cm³/mol. The van der Waals surface area contributed by atoms with Crippen LogP contribution in [0.3, 0.4) is 0 Å². The zero-order chi connectivity index (χ0) is 11.4. The van der Waals surface area contributed by atoms with E-state index in [0.717, 1.165) is 24.5 Å². The molecular formula is C13H23N3. The number of nitrogens with zero attached hydrogens (tertiary/aromatic N) is 2. The molecule has 2 N–H and O–H groups in total. The molecule has 1 atom stereocenters. The first-order valence-corrected chi connectivity index (χ1v) is 6.48. The molecule has 0 aromatic carbocycles. The highest BCUT2D eigenvalue weighted by atomic mass is 15.2. The summed E-state index contributed by atoms with van der Waals surface area (Å²) in [6, 6.07) is 2.35. The number of rotatable bonds is 5. The summed E-state index contributed by atoms with van der Waals surface area (Å²) in [7, 11) is 1.95. The Labute approximate surface area is 98.0 Å². The fourth-order valence-corrected chi connectivity index (χ4v) is 2.69. The third-order valence-electron chi connectivity index (χ3n) is 3.66. The van der Waals surface area contributed by atoms with E-state index in [1.807, 2.05) is 17.9 Å². The first kappa shape index (κ1) is 11.6. The lowest BCUT2D eigenvalue weighted by atomic mass is 9.97. The highest BCUT2D eigenvalue weighted by Crippen LogP contribution is 2.28. The standard InChI is InChI=1S/C13H23N3/c1-16-9-8-13(15-16)10-12(14)7-6-11-4-2-3-5-11/h8-9,11-12H,2-7,10,14H2,1H3. The van der Waals surface area contributed by atoms with Crippen LogP contribution < -0.4 is 5.73 Å². The van der Waals surface area contributed by atoms with Gasteiger partial charge in [0.15, 0.2) is 0 Å². The van der Waals surface area contributed by atoms with Crippen LogP contribution >= 0.6 is 0 Å². The van der Waals surface area contributed by atoms with E-state index in [1.54, 1.807) is 0 Å². The topological polar surface area (TPSA) is 43.8 Å². The maximum Gasteiger partial charge on any atom is 0.0639 e.